The topological polar surface area (TPSA) is 97.3 Å². The molecule has 1 aliphatic rings. The summed E-state index contributed by atoms with van der Waals surface area (Å²) in [6, 6.07) is 27.4. The molecule has 5 rings (SSSR count). The van der Waals surface area contributed by atoms with Crippen LogP contribution >= 0.6 is 15.9 Å². The molecule has 4 aromatic rings. The maximum absolute atomic E-state index is 13.8. The number of hydrogen-bond acceptors (Lipinski definition) is 6. The van der Waals surface area contributed by atoms with E-state index in [1.54, 1.807) is 54.6 Å². The number of ether oxygens (including phenoxy) is 2. The first kappa shape index (κ1) is 25.5. The molecule has 0 spiro atoms. The Morgan fingerprint density at radius 2 is 1.55 bits per heavy atom. The number of para-hydroxylation sites is 1. The van der Waals surface area contributed by atoms with Crippen molar-refractivity contribution in [3.05, 3.63) is 118 Å². The fourth-order valence-corrected chi connectivity index (χ4v) is 5.82. The van der Waals surface area contributed by atoms with Crippen LogP contribution in [0.4, 0.5) is 5.69 Å². The Labute approximate surface area is 228 Å². The molecule has 1 N–H and O–H groups in total. The van der Waals surface area contributed by atoms with E-state index in [9.17, 15) is 13.2 Å². The molecule has 0 saturated carbocycles. The van der Waals surface area contributed by atoms with Gasteiger partial charge in [-0.1, -0.05) is 60.7 Å². The van der Waals surface area contributed by atoms with Crippen LogP contribution in [0.1, 0.15) is 21.5 Å². The quantitative estimate of drug-likeness (QED) is 0.220. The van der Waals surface area contributed by atoms with Crippen LogP contribution in [0.5, 0.6) is 11.5 Å². The molecule has 1 aliphatic heterocycles. The van der Waals surface area contributed by atoms with Gasteiger partial charge in [0.15, 0.2) is 11.5 Å². The van der Waals surface area contributed by atoms with Gasteiger partial charge in [-0.15, -0.1) is 0 Å². The molecule has 0 radical (unpaired) electrons. The van der Waals surface area contributed by atoms with Crippen molar-refractivity contribution in [1.29, 1.82) is 0 Å². The van der Waals surface area contributed by atoms with Crippen LogP contribution in [0.3, 0.4) is 0 Å². The summed E-state index contributed by atoms with van der Waals surface area (Å²) in [5.74, 6) is 0.633. The molecule has 0 fully saturated rings. The van der Waals surface area contributed by atoms with Crippen molar-refractivity contribution < 1.29 is 22.7 Å². The highest BCUT2D eigenvalue weighted by molar-refractivity contribution is 9.10. The fourth-order valence-electron chi connectivity index (χ4n) is 3.90. The van der Waals surface area contributed by atoms with E-state index in [1.165, 1.54) is 22.7 Å². The average Bonchev–Trinajstić information content (AvgIpc) is 3.40. The monoisotopic (exact) mass is 591 g/mol. The standard InChI is InChI=1S/C28H22BrN3O5S/c29-24-16-27-26(36-19-37-27)15-21(24)17-30-31-28(33)23-13-7-8-14-25(23)32(18-20-9-3-1-4-10-20)38(34,35)22-11-5-2-6-12-22/h1-17H,18-19H2,(H,31,33)/b30-17-. The predicted molar refractivity (Wildman–Crippen MR) is 148 cm³/mol. The molecule has 192 valence electrons. The lowest BCUT2D eigenvalue weighted by atomic mass is 10.1. The number of fused-ring (bicyclic) bond motifs is 1. The van der Waals surface area contributed by atoms with Gasteiger partial charge < -0.3 is 9.47 Å². The fraction of sp³-hybridized carbons (Fsp3) is 0.0714. The van der Waals surface area contributed by atoms with Crippen molar-refractivity contribution in [3.63, 3.8) is 0 Å². The second-order valence-electron chi connectivity index (χ2n) is 8.25. The van der Waals surface area contributed by atoms with Gasteiger partial charge in [0, 0.05) is 10.0 Å². The summed E-state index contributed by atoms with van der Waals surface area (Å²) >= 11 is 3.46. The van der Waals surface area contributed by atoms with E-state index in [1.807, 2.05) is 30.3 Å². The third kappa shape index (κ3) is 5.41. The summed E-state index contributed by atoms with van der Waals surface area (Å²) in [4.78, 5) is 13.4. The molecule has 0 unspecified atom stereocenters. The maximum atomic E-state index is 13.8. The summed E-state index contributed by atoms with van der Waals surface area (Å²) in [5, 5.41) is 4.09. The third-order valence-corrected chi connectivity index (χ3v) is 8.24. The number of carbonyl (C=O) groups excluding carboxylic acids is 1. The van der Waals surface area contributed by atoms with Crippen LogP contribution in [-0.4, -0.2) is 27.3 Å². The Bertz CT molecular complexity index is 1600. The van der Waals surface area contributed by atoms with Gasteiger partial charge in [-0.05, 0) is 57.9 Å². The van der Waals surface area contributed by atoms with Gasteiger partial charge in [0.2, 0.25) is 6.79 Å². The Morgan fingerprint density at radius 1 is 0.921 bits per heavy atom. The van der Waals surface area contributed by atoms with Gasteiger partial charge in [0.05, 0.1) is 28.9 Å². The predicted octanol–water partition coefficient (Wildman–Crippen LogP) is 5.34. The lowest BCUT2D eigenvalue weighted by Gasteiger charge is -2.26. The number of anilines is 1. The number of hydrazone groups is 1. The molecule has 1 amide bonds. The number of hydrogen-bond donors (Lipinski definition) is 1. The lowest BCUT2D eigenvalue weighted by molar-refractivity contribution is 0.0955. The zero-order valence-corrected chi connectivity index (χ0v) is 22.4. The molecule has 0 aromatic heterocycles. The van der Waals surface area contributed by atoms with E-state index >= 15 is 0 Å². The van der Waals surface area contributed by atoms with E-state index in [0.29, 0.717) is 21.5 Å². The summed E-state index contributed by atoms with van der Waals surface area (Å²) in [7, 11) is -4.00. The first-order chi connectivity index (χ1) is 18.4. The zero-order valence-electron chi connectivity index (χ0n) is 20.0. The molecule has 10 heteroatoms. The van der Waals surface area contributed by atoms with Gasteiger partial charge >= 0.3 is 0 Å². The number of benzene rings is 4. The Balaban J connectivity index is 1.46. The normalized spacial score (nSPS) is 12.4. The smallest absolute Gasteiger partial charge is 0.273 e. The van der Waals surface area contributed by atoms with Crippen molar-refractivity contribution in [3.8, 4) is 11.5 Å². The highest BCUT2D eigenvalue weighted by atomic mass is 79.9. The number of amides is 1. The Kier molecular flexibility index (Phi) is 7.43. The minimum atomic E-state index is -4.00. The average molecular weight is 592 g/mol. The highest BCUT2D eigenvalue weighted by Gasteiger charge is 2.28. The summed E-state index contributed by atoms with van der Waals surface area (Å²) in [6.07, 6.45) is 1.47. The van der Waals surface area contributed by atoms with Crippen molar-refractivity contribution in [2.75, 3.05) is 11.1 Å². The van der Waals surface area contributed by atoms with Gasteiger partial charge in [-0.3, -0.25) is 9.10 Å². The van der Waals surface area contributed by atoms with Crippen molar-refractivity contribution in [1.82, 2.24) is 5.43 Å². The molecule has 0 saturated heterocycles. The van der Waals surface area contributed by atoms with E-state index in [-0.39, 0.29) is 29.5 Å². The molecule has 4 aromatic carbocycles. The molecule has 1 heterocycles. The first-order valence-corrected chi connectivity index (χ1v) is 13.8. The van der Waals surface area contributed by atoms with Crippen LogP contribution < -0.4 is 19.2 Å². The molecular formula is C28H22BrN3O5S. The summed E-state index contributed by atoms with van der Waals surface area (Å²) in [5.41, 5.74) is 4.34. The number of halogens is 1. The van der Waals surface area contributed by atoms with Gasteiger partial charge in [-0.2, -0.15) is 5.10 Å². The second kappa shape index (κ2) is 11.1. The first-order valence-electron chi connectivity index (χ1n) is 11.6. The molecule has 8 nitrogen and oxygen atoms in total. The molecular weight excluding hydrogens is 570 g/mol. The number of nitrogens with zero attached hydrogens (tertiary/aromatic N) is 2. The molecule has 0 aliphatic carbocycles. The minimum absolute atomic E-state index is 0.0375. The van der Waals surface area contributed by atoms with Crippen LogP contribution in [0.15, 0.2) is 112 Å². The van der Waals surface area contributed by atoms with E-state index in [2.05, 4.69) is 26.5 Å². The van der Waals surface area contributed by atoms with Gasteiger partial charge in [-0.25, -0.2) is 13.8 Å². The molecule has 0 bridgehead atoms. The Hall–Kier alpha value is -4.15. The summed E-state index contributed by atoms with van der Waals surface area (Å²) < 4.78 is 40.3. The van der Waals surface area contributed by atoms with E-state index in [4.69, 9.17) is 9.47 Å². The van der Waals surface area contributed by atoms with Crippen LogP contribution in [0, 0.1) is 0 Å². The third-order valence-electron chi connectivity index (χ3n) is 5.78. The van der Waals surface area contributed by atoms with Crippen LogP contribution in [0.25, 0.3) is 0 Å². The molecule has 0 atom stereocenters. The van der Waals surface area contributed by atoms with E-state index in [0.717, 1.165) is 5.56 Å². The summed E-state index contributed by atoms with van der Waals surface area (Å²) in [6.45, 7) is 0.178. The number of sulfonamides is 1. The molecule has 38 heavy (non-hydrogen) atoms. The number of nitrogens with one attached hydrogen (secondary N) is 1. The van der Waals surface area contributed by atoms with Gasteiger partial charge in [0.1, 0.15) is 0 Å². The maximum Gasteiger partial charge on any atom is 0.273 e. The second-order valence-corrected chi connectivity index (χ2v) is 11.0. The van der Waals surface area contributed by atoms with Crippen LogP contribution in [-0.2, 0) is 16.6 Å². The highest BCUT2D eigenvalue weighted by Crippen LogP contribution is 2.36. The van der Waals surface area contributed by atoms with Crippen molar-refractivity contribution >= 4 is 43.8 Å². The zero-order chi connectivity index (χ0) is 26.5. The Morgan fingerprint density at radius 3 is 2.29 bits per heavy atom. The van der Waals surface area contributed by atoms with Gasteiger partial charge in [0.25, 0.3) is 15.9 Å². The number of carbonyl (C=O) groups is 1. The SMILES string of the molecule is O=C(N/N=C\c1cc2c(cc1Br)OCO2)c1ccccc1N(Cc1ccccc1)S(=O)(=O)c1ccccc1. The van der Waals surface area contributed by atoms with E-state index < -0.39 is 15.9 Å². The minimum Gasteiger partial charge on any atom is -0.454 e. The van der Waals surface area contributed by atoms with Crippen molar-refractivity contribution in [2.24, 2.45) is 5.10 Å². The van der Waals surface area contributed by atoms with Crippen molar-refractivity contribution in [2.45, 2.75) is 11.4 Å². The lowest BCUT2D eigenvalue weighted by Crippen LogP contribution is -2.33. The van der Waals surface area contributed by atoms with Crippen LogP contribution in [0.2, 0.25) is 0 Å². The number of rotatable bonds is 8. The largest absolute Gasteiger partial charge is 0.454 e.